The number of hydrogen-bond acceptors (Lipinski definition) is 3. The van der Waals surface area contributed by atoms with Crippen LogP contribution in [0.25, 0.3) is 0 Å². The fraction of sp³-hybridized carbons (Fsp3) is 0.400. The first-order valence-electron chi connectivity index (χ1n) is 7.01. The highest BCUT2D eigenvalue weighted by molar-refractivity contribution is 7.84. The third-order valence-corrected chi connectivity index (χ3v) is 5.23. The minimum atomic E-state index is -1.13. The van der Waals surface area contributed by atoms with Crippen LogP contribution in [0.4, 0.5) is 5.69 Å². The molecule has 1 saturated carbocycles. The predicted molar refractivity (Wildman–Crippen MR) is 80.7 cm³/mol. The molecule has 1 aliphatic carbocycles. The zero-order chi connectivity index (χ0) is 13.9. The van der Waals surface area contributed by atoms with Crippen molar-refractivity contribution in [2.75, 3.05) is 5.73 Å². The summed E-state index contributed by atoms with van der Waals surface area (Å²) in [6.07, 6.45) is 6.99. The molecule has 1 fully saturated rings. The summed E-state index contributed by atoms with van der Waals surface area (Å²) in [4.78, 5) is 0.697. The van der Waals surface area contributed by atoms with Crippen LogP contribution in [0.15, 0.2) is 41.4 Å². The summed E-state index contributed by atoms with van der Waals surface area (Å²) in [5.41, 5.74) is 7.32. The van der Waals surface area contributed by atoms with E-state index in [-0.39, 0.29) is 0 Å². The molecule has 0 saturated heterocycles. The van der Waals surface area contributed by atoms with Crippen LogP contribution in [0.1, 0.15) is 37.4 Å². The number of benzene rings is 1. The molecular formula is C15H19N3OS. The molecule has 4 nitrogen and oxygen atoms in total. The molecule has 0 aliphatic heterocycles. The molecule has 20 heavy (non-hydrogen) atoms. The van der Waals surface area contributed by atoms with Gasteiger partial charge in [-0.05, 0) is 31.0 Å². The number of nitrogen functional groups attached to an aromatic ring is 1. The van der Waals surface area contributed by atoms with Crippen molar-refractivity contribution >= 4 is 16.5 Å². The fourth-order valence-corrected chi connectivity index (χ4v) is 3.87. The molecule has 1 aliphatic rings. The van der Waals surface area contributed by atoms with E-state index in [4.69, 9.17) is 5.73 Å². The van der Waals surface area contributed by atoms with E-state index in [1.54, 1.807) is 6.07 Å². The second-order valence-corrected chi connectivity index (χ2v) is 6.67. The highest BCUT2D eigenvalue weighted by Crippen LogP contribution is 2.29. The summed E-state index contributed by atoms with van der Waals surface area (Å²) in [5, 5.41) is 4.57. The zero-order valence-electron chi connectivity index (χ0n) is 11.4. The van der Waals surface area contributed by atoms with Gasteiger partial charge in [0.15, 0.2) is 0 Å². The van der Waals surface area contributed by atoms with Crippen LogP contribution in [0.5, 0.6) is 0 Å². The fourth-order valence-electron chi connectivity index (χ4n) is 2.73. The Morgan fingerprint density at radius 2 is 2.00 bits per heavy atom. The van der Waals surface area contributed by atoms with E-state index >= 15 is 0 Å². The lowest BCUT2D eigenvalue weighted by Crippen LogP contribution is -2.07. The topological polar surface area (TPSA) is 60.9 Å². The lowest BCUT2D eigenvalue weighted by atomic mass is 10.3. The average Bonchev–Trinajstić information content (AvgIpc) is 3.09. The van der Waals surface area contributed by atoms with E-state index in [9.17, 15) is 4.21 Å². The van der Waals surface area contributed by atoms with Crippen molar-refractivity contribution in [1.82, 2.24) is 9.78 Å². The van der Waals surface area contributed by atoms with Gasteiger partial charge in [-0.15, -0.1) is 0 Å². The van der Waals surface area contributed by atoms with Crippen molar-refractivity contribution in [3.63, 3.8) is 0 Å². The van der Waals surface area contributed by atoms with Gasteiger partial charge in [-0.3, -0.25) is 8.89 Å². The zero-order valence-corrected chi connectivity index (χ0v) is 12.2. The van der Waals surface area contributed by atoms with Crippen LogP contribution >= 0.6 is 0 Å². The van der Waals surface area contributed by atoms with Crippen LogP contribution in [0, 0.1) is 0 Å². The highest BCUT2D eigenvalue weighted by Gasteiger charge is 2.18. The Morgan fingerprint density at radius 1 is 1.25 bits per heavy atom. The second kappa shape index (κ2) is 5.79. The summed E-state index contributed by atoms with van der Waals surface area (Å²) < 4.78 is 14.4. The Labute approximate surface area is 121 Å². The van der Waals surface area contributed by atoms with Gasteiger partial charge in [0, 0.05) is 11.9 Å². The molecule has 106 valence electrons. The molecule has 0 spiro atoms. The van der Waals surface area contributed by atoms with Gasteiger partial charge in [0.2, 0.25) is 0 Å². The van der Waals surface area contributed by atoms with Crippen molar-refractivity contribution in [3.8, 4) is 0 Å². The van der Waals surface area contributed by atoms with Crippen LogP contribution in [-0.4, -0.2) is 14.0 Å². The number of nitrogens with two attached hydrogens (primary N) is 1. The molecule has 0 radical (unpaired) electrons. The minimum Gasteiger partial charge on any atom is -0.398 e. The van der Waals surface area contributed by atoms with E-state index in [2.05, 4.69) is 5.10 Å². The number of nitrogens with zero attached hydrogens (tertiary/aromatic N) is 2. The Bertz CT molecular complexity index is 617. The monoisotopic (exact) mass is 289 g/mol. The molecule has 1 unspecified atom stereocenters. The van der Waals surface area contributed by atoms with E-state index in [0.29, 0.717) is 22.4 Å². The van der Waals surface area contributed by atoms with E-state index in [1.165, 1.54) is 25.7 Å². The molecule has 1 aromatic heterocycles. The number of anilines is 1. The summed E-state index contributed by atoms with van der Waals surface area (Å²) in [6.45, 7) is 0. The summed E-state index contributed by atoms with van der Waals surface area (Å²) >= 11 is 0. The number of rotatable bonds is 4. The molecule has 0 bridgehead atoms. The largest absolute Gasteiger partial charge is 0.398 e. The summed E-state index contributed by atoms with van der Waals surface area (Å²) in [7, 11) is -1.13. The quantitative estimate of drug-likeness (QED) is 0.880. The van der Waals surface area contributed by atoms with Gasteiger partial charge in [-0.1, -0.05) is 25.0 Å². The third-order valence-electron chi connectivity index (χ3n) is 3.81. The van der Waals surface area contributed by atoms with Gasteiger partial charge in [0.25, 0.3) is 0 Å². The molecule has 1 heterocycles. The van der Waals surface area contributed by atoms with E-state index < -0.39 is 10.8 Å². The average molecular weight is 289 g/mol. The number of para-hydroxylation sites is 1. The first-order chi connectivity index (χ1) is 9.74. The van der Waals surface area contributed by atoms with Gasteiger partial charge >= 0.3 is 0 Å². The van der Waals surface area contributed by atoms with Gasteiger partial charge in [-0.2, -0.15) is 5.10 Å². The first kappa shape index (κ1) is 13.4. The van der Waals surface area contributed by atoms with Crippen LogP contribution in [-0.2, 0) is 16.6 Å². The number of aromatic nitrogens is 2. The van der Waals surface area contributed by atoms with Gasteiger partial charge in [-0.25, -0.2) is 0 Å². The minimum absolute atomic E-state index is 0.425. The van der Waals surface area contributed by atoms with Crippen molar-refractivity contribution < 1.29 is 4.21 Å². The Morgan fingerprint density at radius 3 is 2.75 bits per heavy atom. The van der Waals surface area contributed by atoms with Crippen molar-refractivity contribution in [2.24, 2.45) is 0 Å². The molecule has 0 amide bonds. The second-order valence-electron chi connectivity index (χ2n) is 5.25. The van der Waals surface area contributed by atoms with Crippen molar-refractivity contribution in [1.29, 1.82) is 0 Å². The molecule has 5 heteroatoms. The van der Waals surface area contributed by atoms with Crippen molar-refractivity contribution in [3.05, 3.63) is 42.2 Å². The maximum absolute atomic E-state index is 12.3. The maximum atomic E-state index is 12.3. The van der Waals surface area contributed by atoms with E-state index in [1.807, 2.05) is 35.1 Å². The normalized spacial score (nSPS) is 17.4. The molecule has 1 aromatic carbocycles. The van der Waals surface area contributed by atoms with Crippen LogP contribution in [0.3, 0.4) is 0 Å². The van der Waals surface area contributed by atoms with Crippen LogP contribution < -0.4 is 5.73 Å². The summed E-state index contributed by atoms with van der Waals surface area (Å²) in [6, 6.07) is 9.81. The lowest BCUT2D eigenvalue weighted by molar-refractivity contribution is 0.464. The highest BCUT2D eigenvalue weighted by atomic mass is 32.2. The van der Waals surface area contributed by atoms with Crippen molar-refractivity contribution in [2.45, 2.75) is 42.4 Å². The first-order valence-corrected chi connectivity index (χ1v) is 8.33. The number of hydrogen-bond donors (Lipinski definition) is 1. The SMILES string of the molecule is Nc1ccccc1S(=O)Cc1ccn(C2CCCC2)n1. The van der Waals surface area contributed by atoms with Gasteiger partial charge in [0.1, 0.15) is 0 Å². The Hall–Kier alpha value is -1.62. The molecule has 2 aromatic rings. The van der Waals surface area contributed by atoms with Gasteiger partial charge < -0.3 is 5.73 Å². The molecule has 2 N–H and O–H groups in total. The smallest absolute Gasteiger partial charge is 0.0753 e. The van der Waals surface area contributed by atoms with E-state index in [0.717, 1.165) is 5.69 Å². The Kier molecular flexibility index (Phi) is 3.87. The lowest BCUT2D eigenvalue weighted by Gasteiger charge is -2.09. The van der Waals surface area contributed by atoms with Crippen LogP contribution in [0.2, 0.25) is 0 Å². The third kappa shape index (κ3) is 2.77. The molecular weight excluding hydrogens is 270 g/mol. The Balaban J connectivity index is 1.72. The molecule has 1 atom stereocenters. The summed E-state index contributed by atoms with van der Waals surface area (Å²) in [5.74, 6) is 0.425. The standard InChI is InChI=1S/C15H19N3OS/c16-14-7-3-4-8-15(14)20(19)11-12-9-10-18(17-12)13-5-1-2-6-13/h3-4,7-10,13H,1-2,5-6,11,16H2. The predicted octanol–water partition coefficient (Wildman–Crippen LogP) is 2.89. The van der Waals surface area contributed by atoms with Gasteiger partial charge in [0.05, 0.1) is 33.2 Å². The maximum Gasteiger partial charge on any atom is 0.0753 e. The molecule has 3 rings (SSSR count).